The Balaban J connectivity index is 2.08. The second-order valence-electron chi connectivity index (χ2n) is 4.38. The third-order valence-electron chi connectivity index (χ3n) is 3.16. The molecule has 0 bridgehead atoms. The van der Waals surface area contributed by atoms with Crippen LogP contribution in [0.3, 0.4) is 0 Å². The quantitative estimate of drug-likeness (QED) is 0.592. The van der Waals surface area contributed by atoms with Crippen LogP contribution in [-0.4, -0.2) is 64.6 Å². The molecule has 1 saturated heterocycles. The van der Waals surface area contributed by atoms with E-state index in [-0.39, 0.29) is 0 Å². The van der Waals surface area contributed by atoms with Gasteiger partial charge in [-0.15, -0.1) is 0 Å². The summed E-state index contributed by atoms with van der Waals surface area (Å²) >= 11 is 0. The highest BCUT2D eigenvalue weighted by Gasteiger charge is 2.22. The fourth-order valence-electron chi connectivity index (χ4n) is 2.28. The van der Waals surface area contributed by atoms with Crippen molar-refractivity contribution < 1.29 is 9.47 Å². The van der Waals surface area contributed by atoms with Crippen LogP contribution in [0, 0.1) is 0 Å². The lowest BCUT2D eigenvalue weighted by atomic mass is 10.2. The normalized spacial score (nSPS) is 21.8. The van der Waals surface area contributed by atoms with Gasteiger partial charge < -0.3 is 14.8 Å². The number of ether oxygens (including phenoxy) is 2. The average Bonchev–Trinajstić information content (AvgIpc) is 2.73. The van der Waals surface area contributed by atoms with Crippen molar-refractivity contribution in [3.05, 3.63) is 0 Å². The monoisotopic (exact) mass is 230 g/mol. The molecule has 0 aromatic heterocycles. The van der Waals surface area contributed by atoms with Gasteiger partial charge >= 0.3 is 0 Å². The van der Waals surface area contributed by atoms with Gasteiger partial charge in [-0.3, -0.25) is 4.90 Å². The molecule has 0 aliphatic carbocycles. The summed E-state index contributed by atoms with van der Waals surface area (Å²) < 4.78 is 10.1. The zero-order valence-corrected chi connectivity index (χ0v) is 10.7. The van der Waals surface area contributed by atoms with Crippen LogP contribution in [0.25, 0.3) is 0 Å². The third-order valence-corrected chi connectivity index (χ3v) is 3.16. The maximum Gasteiger partial charge on any atom is 0.0587 e. The van der Waals surface area contributed by atoms with Gasteiger partial charge in [-0.25, -0.2) is 0 Å². The Morgan fingerprint density at radius 3 is 2.81 bits per heavy atom. The molecule has 1 N–H and O–H groups in total. The second kappa shape index (κ2) is 8.93. The zero-order valence-electron chi connectivity index (χ0n) is 10.7. The Kier molecular flexibility index (Phi) is 7.76. The van der Waals surface area contributed by atoms with Crippen molar-refractivity contribution in [1.82, 2.24) is 10.2 Å². The first-order chi connectivity index (χ1) is 7.88. The minimum Gasteiger partial charge on any atom is -0.385 e. The Morgan fingerprint density at radius 2 is 2.06 bits per heavy atom. The molecule has 96 valence electrons. The number of rotatable bonds is 9. The molecule has 0 spiro atoms. The smallest absolute Gasteiger partial charge is 0.0587 e. The molecule has 1 heterocycles. The van der Waals surface area contributed by atoms with E-state index in [0.29, 0.717) is 6.04 Å². The van der Waals surface area contributed by atoms with Gasteiger partial charge in [-0.2, -0.15) is 0 Å². The van der Waals surface area contributed by atoms with Crippen LogP contribution >= 0.6 is 0 Å². The summed E-state index contributed by atoms with van der Waals surface area (Å²) in [6, 6.07) is 0.716. The number of likely N-dealkylation sites (tertiary alicyclic amines) is 1. The highest BCUT2D eigenvalue weighted by atomic mass is 16.5. The van der Waals surface area contributed by atoms with Crippen molar-refractivity contribution in [1.29, 1.82) is 0 Å². The summed E-state index contributed by atoms with van der Waals surface area (Å²) in [7, 11) is 3.52. The average molecular weight is 230 g/mol. The summed E-state index contributed by atoms with van der Waals surface area (Å²) in [4.78, 5) is 2.58. The predicted molar refractivity (Wildman–Crippen MR) is 65.8 cm³/mol. The van der Waals surface area contributed by atoms with Crippen LogP contribution in [0.5, 0.6) is 0 Å². The first-order valence-electron chi connectivity index (χ1n) is 6.31. The molecule has 0 radical (unpaired) electrons. The first kappa shape index (κ1) is 13.9. The van der Waals surface area contributed by atoms with E-state index < -0.39 is 0 Å². The van der Waals surface area contributed by atoms with Crippen LogP contribution < -0.4 is 5.32 Å². The zero-order chi connectivity index (χ0) is 11.6. The lowest BCUT2D eigenvalue weighted by Crippen LogP contribution is -2.39. The molecule has 1 unspecified atom stereocenters. The molecule has 0 aromatic carbocycles. The highest BCUT2D eigenvalue weighted by Crippen LogP contribution is 2.16. The number of hydrogen-bond acceptors (Lipinski definition) is 4. The Morgan fingerprint density at radius 1 is 1.25 bits per heavy atom. The molecule has 0 aromatic rings. The van der Waals surface area contributed by atoms with Crippen LogP contribution in [-0.2, 0) is 9.47 Å². The lowest BCUT2D eigenvalue weighted by Gasteiger charge is -2.24. The molecular weight excluding hydrogens is 204 g/mol. The second-order valence-corrected chi connectivity index (χ2v) is 4.38. The predicted octanol–water partition coefficient (Wildman–Crippen LogP) is 0.723. The third kappa shape index (κ3) is 5.25. The summed E-state index contributed by atoms with van der Waals surface area (Å²) in [5, 5.41) is 3.45. The van der Waals surface area contributed by atoms with E-state index >= 15 is 0 Å². The van der Waals surface area contributed by atoms with Gasteiger partial charge in [0.15, 0.2) is 0 Å². The van der Waals surface area contributed by atoms with E-state index in [9.17, 15) is 0 Å². The maximum absolute atomic E-state index is 5.09. The fourth-order valence-corrected chi connectivity index (χ4v) is 2.28. The maximum atomic E-state index is 5.09. The van der Waals surface area contributed by atoms with E-state index in [4.69, 9.17) is 9.47 Å². The molecule has 1 atom stereocenters. The van der Waals surface area contributed by atoms with Crippen LogP contribution in [0.4, 0.5) is 0 Å². The van der Waals surface area contributed by atoms with Crippen molar-refractivity contribution in [3.8, 4) is 0 Å². The minimum absolute atomic E-state index is 0.716. The Hall–Kier alpha value is -0.160. The van der Waals surface area contributed by atoms with Crippen LogP contribution in [0.1, 0.15) is 19.3 Å². The number of nitrogens with one attached hydrogen (secondary N) is 1. The molecule has 0 saturated carbocycles. The standard InChI is InChI=1S/C12H26N2O2/c1-15-9-4-8-14-7-3-5-12(14)11-13-6-10-16-2/h12-13H,3-11H2,1-2H3. The van der Waals surface area contributed by atoms with Gasteiger partial charge in [-0.1, -0.05) is 0 Å². The molecular formula is C12H26N2O2. The van der Waals surface area contributed by atoms with Gasteiger partial charge in [-0.05, 0) is 25.8 Å². The molecule has 1 aliphatic heterocycles. The van der Waals surface area contributed by atoms with Gasteiger partial charge in [0.05, 0.1) is 6.61 Å². The number of hydrogen-bond donors (Lipinski definition) is 1. The lowest BCUT2D eigenvalue weighted by molar-refractivity contribution is 0.163. The largest absolute Gasteiger partial charge is 0.385 e. The number of methoxy groups -OCH3 is 2. The topological polar surface area (TPSA) is 33.7 Å². The SMILES string of the molecule is COCCCN1CCCC1CNCCOC. The van der Waals surface area contributed by atoms with Gasteiger partial charge in [0.2, 0.25) is 0 Å². The molecule has 1 fully saturated rings. The summed E-state index contributed by atoms with van der Waals surface area (Å²) in [6.07, 6.45) is 3.81. The molecule has 16 heavy (non-hydrogen) atoms. The molecule has 4 nitrogen and oxygen atoms in total. The van der Waals surface area contributed by atoms with Crippen molar-refractivity contribution in [3.63, 3.8) is 0 Å². The molecule has 1 rings (SSSR count). The van der Waals surface area contributed by atoms with E-state index in [1.165, 1.54) is 25.9 Å². The molecule has 4 heteroatoms. The van der Waals surface area contributed by atoms with Gasteiger partial charge in [0.1, 0.15) is 0 Å². The number of nitrogens with zero attached hydrogens (tertiary/aromatic N) is 1. The van der Waals surface area contributed by atoms with Gasteiger partial charge in [0, 0.05) is 46.5 Å². The molecule has 0 amide bonds. The summed E-state index contributed by atoms with van der Waals surface area (Å²) in [5.74, 6) is 0. The fraction of sp³-hybridized carbons (Fsp3) is 1.00. The Bertz CT molecular complexity index is 167. The van der Waals surface area contributed by atoms with Crippen molar-refractivity contribution in [2.45, 2.75) is 25.3 Å². The van der Waals surface area contributed by atoms with Crippen LogP contribution in [0.2, 0.25) is 0 Å². The van der Waals surface area contributed by atoms with E-state index in [2.05, 4.69) is 10.2 Å². The Labute approximate surface area is 99.3 Å². The van der Waals surface area contributed by atoms with Crippen molar-refractivity contribution in [2.75, 3.05) is 53.6 Å². The van der Waals surface area contributed by atoms with E-state index in [1.807, 2.05) is 0 Å². The minimum atomic E-state index is 0.716. The van der Waals surface area contributed by atoms with E-state index in [0.717, 1.165) is 32.7 Å². The summed E-state index contributed by atoms with van der Waals surface area (Å²) in [5.41, 5.74) is 0. The van der Waals surface area contributed by atoms with Crippen molar-refractivity contribution in [2.24, 2.45) is 0 Å². The van der Waals surface area contributed by atoms with E-state index in [1.54, 1.807) is 14.2 Å². The molecule has 1 aliphatic rings. The summed E-state index contributed by atoms with van der Waals surface area (Å²) in [6.45, 7) is 6.15. The highest BCUT2D eigenvalue weighted by molar-refractivity contribution is 4.80. The van der Waals surface area contributed by atoms with Crippen LogP contribution in [0.15, 0.2) is 0 Å². The first-order valence-corrected chi connectivity index (χ1v) is 6.31. The van der Waals surface area contributed by atoms with Crippen molar-refractivity contribution >= 4 is 0 Å². The van der Waals surface area contributed by atoms with Gasteiger partial charge in [0.25, 0.3) is 0 Å².